The molecule has 0 spiro atoms. The van der Waals surface area contributed by atoms with E-state index in [1.54, 1.807) is 0 Å². The molecule has 3 nitrogen and oxygen atoms in total. The van der Waals surface area contributed by atoms with Crippen molar-refractivity contribution in [2.75, 3.05) is 5.73 Å². The van der Waals surface area contributed by atoms with Crippen molar-refractivity contribution in [3.63, 3.8) is 0 Å². The molecule has 0 bridgehead atoms. The molecule has 0 radical (unpaired) electrons. The second kappa shape index (κ2) is 3.76. The number of aromatic nitrogens is 2. The van der Waals surface area contributed by atoms with Crippen LogP contribution < -0.4 is 5.73 Å². The minimum atomic E-state index is 0.627. The van der Waals surface area contributed by atoms with Crippen LogP contribution in [-0.2, 0) is 0 Å². The molecular weight excluding hydrogens is 210 g/mol. The largest absolute Gasteiger partial charge is 0.398 e. The quantitative estimate of drug-likeness (QED) is 0.762. The molecule has 0 saturated heterocycles. The summed E-state index contributed by atoms with van der Waals surface area (Å²) in [6.45, 7) is 4.14. The van der Waals surface area contributed by atoms with Crippen LogP contribution in [0.15, 0.2) is 12.1 Å². The van der Waals surface area contributed by atoms with Gasteiger partial charge in [0.1, 0.15) is 5.82 Å². The van der Waals surface area contributed by atoms with E-state index in [1.807, 2.05) is 6.92 Å². The summed E-state index contributed by atoms with van der Waals surface area (Å²) in [5.74, 6) is 1.12. The van der Waals surface area contributed by atoms with Crippen LogP contribution >= 0.6 is 0 Å². The number of nitrogens with zero attached hydrogens (tertiary/aromatic N) is 2. The number of nitrogens with two attached hydrogens (primary N) is 1. The number of aryl methyl sites for hydroxylation is 2. The van der Waals surface area contributed by atoms with Crippen molar-refractivity contribution < 1.29 is 0 Å². The molecule has 2 aromatic rings. The van der Waals surface area contributed by atoms with E-state index >= 15 is 0 Å². The molecule has 2 N–H and O–H groups in total. The van der Waals surface area contributed by atoms with Crippen LogP contribution in [0.3, 0.4) is 0 Å². The van der Waals surface area contributed by atoms with Gasteiger partial charge in [-0.2, -0.15) is 0 Å². The molecule has 1 aliphatic rings. The number of nitrogen functional groups attached to an aromatic ring is 1. The van der Waals surface area contributed by atoms with Crippen LogP contribution in [0.2, 0.25) is 0 Å². The molecule has 90 valence electrons. The van der Waals surface area contributed by atoms with E-state index in [-0.39, 0.29) is 0 Å². The number of hydrogen-bond donors (Lipinski definition) is 1. The number of benzene rings is 1. The van der Waals surface area contributed by atoms with E-state index in [0.717, 1.165) is 22.6 Å². The molecule has 0 aliphatic heterocycles. The van der Waals surface area contributed by atoms with E-state index < -0.39 is 0 Å². The second-order valence-electron chi connectivity index (χ2n) is 5.16. The standard InChI is InChI=1S/C14H19N3/c1-9-7-13-14(8-12(9)15)17(10(2)16-13)11-5-3-4-6-11/h7-8,11H,3-6,15H2,1-2H3. The van der Waals surface area contributed by atoms with E-state index in [0.29, 0.717) is 6.04 Å². The zero-order valence-corrected chi connectivity index (χ0v) is 10.5. The Kier molecular flexibility index (Phi) is 2.35. The van der Waals surface area contributed by atoms with Crippen LogP contribution in [0.4, 0.5) is 5.69 Å². The molecule has 3 rings (SSSR count). The Morgan fingerprint density at radius 2 is 1.94 bits per heavy atom. The normalized spacial score (nSPS) is 17.1. The van der Waals surface area contributed by atoms with Crippen molar-refractivity contribution in [3.05, 3.63) is 23.5 Å². The van der Waals surface area contributed by atoms with E-state index in [2.05, 4.69) is 28.6 Å². The number of fused-ring (bicyclic) bond motifs is 1. The Hall–Kier alpha value is -1.51. The maximum absolute atomic E-state index is 6.02. The first-order chi connectivity index (χ1) is 8.16. The van der Waals surface area contributed by atoms with Gasteiger partial charge in [0.25, 0.3) is 0 Å². The Morgan fingerprint density at radius 3 is 2.65 bits per heavy atom. The Labute approximate surface area is 102 Å². The molecule has 1 aliphatic carbocycles. The Bertz CT molecular complexity index is 562. The summed E-state index contributed by atoms with van der Waals surface area (Å²) in [7, 11) is 0. The van der Waals surface area contributed by atoms with Crippen molar-refractivity contribution >= 4 is 16.7 Å². The molecule has 3 heteroatoms. The molecular formula is C14H19N3. The summed E-state index contributed by atoms with van der Waals surface area (Å²) < 4.78 is 2.39. The lowest BCUT2D eigenvalue weighted by molar-refractivity contribution is 0.520. The predicted octanol–water partition coefficient (Wildman–Crippen LogP) is 3.35. The lowest BCUT2D eigenvalue weighted by atomic mass is 10.1. The van der Waals surface area contributed by atoms with Gasteiger partial charge in [-0.1, -0.05) is 12.8 Å². The first-order valence-electron chi connectivity index (χ1n) is 6.41. The van der Waals surface area contributed by atoms with Gasteiger partial charge in [0.05, 0.1) is 11.0 Å². The average molecular weight is 229 g/mol. The van der Waals surface area contributed by atoms with Gasteiger partial charge in [-0.15, -0.1) is 0 Å². The molecule has 1 saturated carbocycles. The molecule has 0 atom stereocenters. The number of anilines is 1. The SMILES string of the molecule is Cc1cc2nc(C)n(C3CCCC3)c2cc1N. The minimum Gasteiger partial charge on any atom is -0.398 e. The summed E-state index contributed by atoms with van der Waals surface area (Å²) in [5.41, 5.74) is 10.3. The van der Waals surface area contributed by atoms with Gasteiger partial charge in [0, 0.05) is 11.7 Å². The molecule has 1 fully saturated rings. The third-order valence-electron chi connectivity index (χ3n) is 3.94. The summed E-state index contributed by atoms with van der Waals surface area (Å²) in [5, 5.41) is 0. The molecule has 17 heavy (non-hydrogen) atoms. The number of rotatable bonds is 1. The first-order valence-corrected chi connectivity index (χ1v) is 6.41. The highest BCUT2D eigenvalue weighted by Gasteiger charge is 2.21. The summed E-state index contributed by atoms with van der Waals surface area (Å²) in [6.07, 6.45) is 5.23. The highest BCUT2D eigenvalue weighted by molar-refractivity contribution is 5.81. The fourth-order valence-corrected chi connectivity index (χ4v) is 3.01. The summed E-state index contributed by atoms with van der Waals surface area (Å²) in [6, 6.07) is 4.81. The topological polar surface area (TPSA) is 43.8 Å². The Morgan fingerprint density at radius 1 is 1.24 bits per heavy atom. The second-order valence-corrected chi connectivity index (χ2v) is 5.16. The lowest BCUT2D eigenvalue weighted by Gasteiger charge is -2.15. The predicted molar refractivity (Wildman–Crippen MR) is 71.1 cm³/mol. The first kappa shape index (κ1) is 10.6. The zero-order chi connectivity index (χ0) is 12.0. The monoisotopic (exact) mass is 229 g/mol. The van der Waals surface area contributed by atoms with E-state index in [4.69, 9.17) is 5.73 Å². The molecule has 1 aromatic heterocycles. The highest BCUT2D eigenvalue weighted by Crippen LogP contribution is 2.34. The fourth-order valence-electron chi connectivity index (χ4n) is 3.01. The van der Waals surface area contributed by atoms with Crippen molar-refractivity contribution in [1.82, 2.24) is 9.55 Å². The molecule has 0 amide bonds. The third kappa shape index (κ3) is 1.61. The van der Waals surface area contributed by atoms with Crippen molar-refractivity contribution in [2.45, 2.75) is 45.6 Å². The summed E-state index contributed by atoms with van der Waals surface area (Å²) >= 11 is 0. The molecule has 1 aromatic carbocycles. The van der Waals surface area contributed by atoms with E-state index in [9.17, 15) is 0 Å². The highest BCUT2D eigenvalue weighted by atomic mass is 15.1. The van der Waals surface area contributed by atoms with Crippen LogP contribution in [0.1, 0.15) is 43.1 Å². The number of imidazole rings is 1. The van der Waals surface area contributed by atoms with Gasteiger partial charge in [0.15, 0.2) is 0 Å². The fraction of sp³-hybridized carbons (Fsp3) is 0.500. The van der Waals surface area contributed by atoms with Gasteiger partial charge in [0.2, 0.25) is 0 Å². The van der Waals surface area contributed by atoms with Gasteiger partial charge in [-0.25, -0.2) is 4.98 Å². The van der Waals surface area contributed by atoms with Gasteiger partial charge < -0.3 is 10.3 Å². The van der Waals surface area contributed by atoms with Crippen molar-refractivity contribution in [2.24, 2.45) is 0 Å². The van der Waals surface area contributed by atoms with Gasteiger partial charge in [-0.05, 0) is 44.4 Å². The maximum atomic E-state index is 6.02. The van der Waals surface area contributed by atoms with E-state index in [1.165, 1.54) is 31.2 Å². The Balaban J connectivity index is 2.22. The zero-order valence-electron chi connectivity index (χ0n) is 10.5. The van der Waals surface area contributed by atoms with Crippen molar-refractivity contribution in [1.29, 1.82) is 0 Å². The minimum absolute atomic E-state index is 0.627. The van der Waals surface area contributed by atoms with Gasteiger partial charge in [-0.3, -0.25) is 0 Å². The van der Waals surface area contributed by atoms with Crippen LogP contribution in [0, 0.1) is 13.8 Å². The lowest BCUT2D eigenvalue weighted by Crippen LogP contribution is -2.06. The van der Waals surface area contributed by atoms with Crippen LogP contribution in [0.5, 0.6) is 0 Å². The van der Waals surface area contributed by atoms with Crippen molar-refractivity contribution in [3.8, 4) is 0 Å². The molecule has 1 heterocycles. The van der Waals surface area contributed by atoms with Crippen LogP contribution in [0.25, 0.3) is 11.0 Å². The maximum Gasteiger partial charge on any atom is 0.106 e. The smallest absolute Gasteiger partial charge is 0.106 e. The van der Waals surface area contributed by atoms with Gasteiger partial charge >= 0.3 is 0 Å². The third-order valence-corrected chi connectivity index (χ3v) is 3.94. The summed E-state index contributed by atoms with van der Waals surface area (Å²) in [4.78, 5) is 4.67. The van der Waals surface area contributed by atoms with Crippen LogP contribution in [-0.4, -0.2) is 9.55 Å². The average Bonchev–Trinajstić information content (AvgIpc) is 2.86. The number of hydrogen-bond acceptors (Lipinski definition) is 2. The molecule has 0 unspecified atom stereocenters.